The normalized spacial score (nSPS) is 10.0. The fourth-order valence-corrected chi connectivity index (χ4v) is 1.54. The van der Waals surface area contributed by atoms with Crippen LogP contribution in [0, 0.1) is 5.95 Å². The lowest BCUT2D eigenvalue weighted by atomic mass is 10.3. The summed E-state index contributed by atoms with van der Waals surface area (Å²) in [7, 11) is 0. The number of hydrogen-bond acceptors (Lipinski definition) is 3. The minimum absolute atomic E-state index is 0.00236. The van der Waals surface area contributed by atoms with E-state index in [-0.39, 0.29) is 5.69 Å². The lowest BCUT2D eigenvalue weighted by Crippen LogP contribution is -2.15. The molecule has 2 aromatic rings. The van der Waals surface area contributed by atoms with E-state index in [1.54, 1.807) is 18.3 Å². The highest BCUT2D eigenvalue weighted by atomic mass is 79.9. The number of anilines is 1. The Hall–Kier alpha value is -1.82. The van der Waals surface area contributed by atoms with E-state index in [9.17, 15) is 9.18 Å². The van der Waals surface area contributed by atoms with Crippen LogP contribution in [0.4, 0.5) is 10.2 Å². The molecule has 2 heterocycles. The van der Waals surface area contributed by atoms with E-state index in [1.807, 2.05) is 0 Å². The molecule has 1 N–H and O–H groups in total. The van der Waals surface area contributed by atoms with E-state index >= 15 is 0 Å². The maximum absolute atomic E-state index is 12.8. The predicted octanol–water partition coefficient (Wildman–Crippen LogP) is 2.63. The van der Waals surface area contributed by atoms with Crippen molar-refractivity contribution in [1.29, 1.82) is 0 Å². The van der Waals surface area contributed by atoms with Crippen LogP contribution in [0.15, 0.2) is 41.0 Å². The number of pyridine rings is 2. The van der Waals surface area contributed by atoms with E-state index in [2.05, 4.69) is 31.2 Å². The molecule has 4 nitrogen and oxygen atoms in total. The Morgan fingerprint density at radius 2 is 2.12 bits per heavy atom. The van der Waals surface area contributed by atoms with Crippen LogP contribution >= 0.6 is 15.9 Å². The van der Waals surface area contributed by atoms with E-state index < -0.39 is 11.9 Å². The average molecular weight is 296 g/mol. The summed E-state index contributed by atoms with van der Waals surface area (Å²) in [5, 5.41) is 2.53. The van der Waals surface area contributed by atoms with Gasteiger partial charge >= 0.3 is 0 Å². The fourth-order valence-electron chi connectivity index (χ4n) is 1.18. The first-order valence-corrected chi connectivity index (χ1v) is 5.50. The number of carbonyl (C=O) groups excluding carboxylic acids is 1. The second kappa shape index (κ2) is 5.01. The monoisotopic (exact) mass is 295 g/mol. The van der Waals surface area contributed by atoms with Crippen molar-refractivity contribution in [3.8, 4) is 0 Å². The summed E-state index contributed by atoms with van der Waals surface area (Å²) < 4.78 is 13.5. The van der Waals surface area contributed by atoms with Crippen LogP contribution in [0.1, 0.15) is 10.5 Å². The Labute approximate surface area is 105 Å². The standard InChI is InChI=1S/C11H7BrFN3O/c12-7-3-2-6-14-10(7)16-11(17)8-4-1-5-9(13)15-8/h1-6H,(H,14,16,17). The topological polar surface area (TPSA) is 54.9 Å². The Bertz CT molecular complexity index is 562. The Balaban J connectivity index is 2.20. The minimum atomic E-state index is -0.697. The van der Waals surface area contributed by atoms with Gasteiger partial charge in [-0.15, -0.1) is 0 Å². The highest BCUT2D eigenvalue weighted by molar-refractivity contribution is 9.10. The van der Waals surface area contributed by atoms with Crippen LogP contribution in [0.5, 0.6) is 0 Å². The molecular weight excluding hydrogens is 289 g/mol. The summed E-state index contributed by atoms with van der Waals surface area (Å²) in [6.45, 7) is 0. The summed E-state index contributed by atoms with van der Waals surface area (Å²) in [5.41, 5.74) is 0.00236. The fraction of sp³-hybridized carbons (Fsp3) is 0. The molecule has 0 aliphatic heterocycles. The van der Waals surface area contributed by atoms with Crippen molar-refractivity contribution < 1.29 is 9.18 Å². The molecule has 0 saturated heterocycles. The molecule has 0 aromatic carbocycles. The number of rotatable bonds is 2. The molecule has 0 bridgehead atoms. The maximum Gasteiger partial charge on any atom is 0.275 e. The van der Waals surface area contributed by atoms with Crippen molar-refractivity contribution in [1.82, 2.24) is 9.97 Å². The van der Waals surface area contributed by atoms with Crippen LogP contribution in [-0.4, -0.2) is 15.9 Å². The van der Waals surface area contributed by atoms with Gasteiger partial charge in [-0.2, -0.15) is 4.39 Å². The number of amides is 1. The van der Waals surface area contributed by atoms with Crippen molar-refractivity contribution in [2.24, 2.45) is 0 Å². The SMILES string of the molecule is O=C(Nc1ncccc1Br)c1cccc(F)n1. The molecule has 2 rings (SSSR count). The molecule has 0 fully saturated rings. The zero-order valence-electron chi connectivity index (χ0n) is 8.52. The van der Waals surface area contributed by atoms with Gasteiger partial charge < -0.3 is 5.32 Å². The van der Waals surface area contributed by atoms with Crippen LogP contribution in [0.25, 0.3) is 0 Å². The average Bonchev–Trinajstić information content (AvgIpc) is 2.32. The van der Waals surface area contributed by atoms with Gasteiger partial charge in [0.15, 0.2) is 0 Å². The smallest absolute Gasteiger partial charge is 0.275 e. The molecule has 0 spiro atoms. The molecule has 17 heavy (non-hydrogen) atoms. The second-order valence-electron chi connectivity index (χ2n) is 3.13. The highest BCUT2D eigenvalue weighted by Gasteiger charge is 2.10. The molecule has 0 saturated carbocycles. The zero-order chi connectivity index (χ0) is 12.3. The number of aromatic nitrogens is 2. The van der Waals surface area contributed by atoms with E-state index in [1.165, 1.54) is 18.2 Å². The Morgan fingerprint density at radius 3 is 2.82 bits per heavy atom. The first-order chi connectivity index (χ1) is 8.16. The van der Waals surface area contributed by atoms with Gasteiger partial charge in [0.1, 0.15) is 11.5 Å². The molecule has 0 aliphatic rings. The number of halogens is 2. The van der Waals surface area contributed by atoms with Gasteiger partial charge in [-0.05, 0) is 40.2 Å². The molecular formula is C11H7BrFN3O. The lowest BCUT2D eigenvalue weighted by Gasteiger charge is -2.05. The maximum atomic E-state index is 12.8. The minimum Gasteiger partial charge on any atom is -0.304 e. The van der Waals surface area contributed by atoms with E-state index in [4.69, 9.17) is 0 Å². The molecule has 86 valence electrons. The van der Waals surface area contributed by atoms with Gasteiger partial charge in [-0.1, -0.05) is 6.07 Å². The molecule has 0 unspecified atom stereocenters. The van der Waals surface area contributed by atoms with Gasteiger partial charge in [0.2, 0.25) is 5.95 Å². The van der Waals surface area contributed by atoms with Gasteiger partial charge in [0.05, 0.1) is 4.47 Å². The number of hydrogen-bond donors (Lipinski definition) is 1. The van der Waals surface area contributed by atoms with Crippen molar-refractivity contribution in [2.75, 3.05) is 5.32 Å². The molecule has 2 aromatic heterocycles. The summed E-state index contributed by atoms with van der Waals surface area (Å²) in [4.78, 5) is 19.2. The van der Waals surface area contributed by atoms with Gasteiger partial charge in [0, 0.05) is 6.20 Å². The summed E-state index contributed by atoms with van der Waals surface area (Å²) in [6, 6.07) is 7.48. The first kappa shape index (κ1) is 11.7. The number of carbonyl (C=O) groups is 1. The predicted molar refractivity (Wildman–Crippen MR) is 64.1 cm³/mol. The van der Waals surface area contributed by atoms with Crippen molar-refractivity contribution >= 4 is 27.7 Å². The third-order valence-electron chi connectivity index (χ3n) is 1.94. The number of nitrogens with zero attached hydrogens (tertiary/aromatic N) is 2. The van der Waals surface area contributed by atoms with Crippen LogP contribution in [0.2, 0.25) is 0 Å². The van der Waals surface area contributed by atoms with Gasteiger partial charge in [-0.3, -0.25) is 4.79 Å². The second-order valence-corrected chi connectivity index (χ2v) is 3.99. The third-order valence-corrected chi connectivity index (χ3v) is 2.58. The summed E-state index contributed by atoms with van der Waals surface area (Å²) in [6.07, 6.45) is 1.54. The van der Waals surface area contributed by atoms with E-state index in [0.29, 0.717) is 10.3 Å². The summed E-state index contributed by atoms with van der Waals surface area (Å²) >= 11 is 3.24. The molecule has 0 atom stereocenters. The first-order valence-electron chi connectivity index (χ1n) is 4.71. The van der Waals surface area contributed by atoms with Gasteiger partial charge in [-0.25, -0.2) is 9.97 Å². The molecule has 6 heteroatoms. The van der Waals surface area contributed by atoms with Gasteiger partial charge in [0.25, 0.3) is 5.91 Å². The van der Waals surface area contributed by atoms with E-state index in [0.717, 1.165) is 0 Å². The molecule has 0 aliphatic carbocycles. The highest BCUT2D eigenvalue weighted by Crippen LogP contribution is 2.18. The lowest BCUT2D eigenvalue weighted by molar-refractivity contribution is 0.102. The zero-order valence-corrected chi connectivity index (χ0v) is 10.1. The number of nitrogens with one attached hydrogen (secondary N) is 1. The Morgan fingerprint density at radius 1 is 1.29 bits per heavy atom. The van der Waals surface area contributed by atoms with Crippen LogP contribution < -0.4 is 5.32 Å². The van der Waals surface area contributed by atoms with Crippen molar-refractivity contribution in [3.05, 3.63) is 52.6 Å². The van der Waals surface area contributed by atoms with Crippen LogP contribution in [-0.2, 0) is 0 Å². The summed E-state index contributed by atoms with van der Waals surface area (Å²) in [5.74, 6) is -0.842. The molecule has 1 amide bonds. The van der Waals surface area contributed by atoms with Crippen LogP contribution in [0.3, 0.4) is 0 Å². The largest absolute Gasteiger partial charge is 0.304 e. The Kier molecular flexibility index (Phi) is 3.43. The van der Waals surface area contributed by atoms with Crippen molar-refractivity contribution in [2.45, 2.75) is 0 Å². The molecule has 0 radical (unpaired) electrons. The quantitative estimate of drug-likeness (QED) is 0.867. The third kappa shape index (κ3) is 2.85. The van der Waals surface area contributed by atoms with Crippen molar-refractivity contribution in [3.63, 3.8) is 0 Å².